The molecule has 0 saturated carbocycles. The summed E-state index contributed by atoms with van der Waals surface area (Å²) < 4.78 is 5.40. The Labute approximate surface area is 98.3 Å². The SMILES string of the molecule is C[C@@H]1CNC(C)(C)CN1C(=O)OC(C)(C)C. The Kier molecular flexibility index (Phi) is 3.53. The first-order valence-electron chi connectivity index (χ1n) is 5.85. The second kappa shape index (κ2) is 4.24. The molecule has 94 valence electrons. The highest BCUT2D eigenvalue weighted by molar-refractivity contribution is 5.68. The monoisotopic (exact) mass is 228 g/mol. The molecule has 1 amide bonds. The van der Waals surface area contributed by atoms with Gasteiger partial charge in [0.1, 0.15) is 5.60 Å². The summed E-state index contributed by atoms with van der Waals surface area (Å²) in [5.41, 5.74) is -0.463. The van der Waals surface area contributed by atoms with Crippen molar-refractivity contribution in [1.29, 1.82) is 0 Å². The molecule has 0 aromatic carbocycles. The van der Waals surface area contributed by atoms with Gasteiger partial charge in [-0.1, -0.05) is 0 Å². The largest absolute Gasteiger partial charge is 0.444 e. The maximum Gasteiger partial charge on any atom is 0.410 e. The minimum Gasteiger partial charge on any atom is -0.444 e. The molecule has 0 bridgehead atoms. The van der Waals surface area contributed by atoms with Crippen molar-refractivity contribution in [1.82, 2.24) is 10.2 Å². The Balaban J connectivity index is 2.67. The number of ether oxygens (including phenoxy) is 1. The van der Waals surface area contributed by atoms with Crippen molar-refractivity contribution in [3.8, 4) is 0 Å². The fraction of sp³-hybridized carbons (Fsp3) is 0.917. The van der Waals surface area contributed by atoms with Crippen LogP contribution in [0.3, 0.4) is 0 Å². The molecule has 0 unspecified atom stereocenters. The van der Waals surface area contributed by atoms with Crippen LogP contribution in [0.5, 0.6) is 0 Å². The number of carbonyl (C=O) groups is 1. The van der Waals surface area contributed by atoms with E-state index in [1.54, 1.807) is 0 Å². The smallest absolute Gasteiger partial charge is 0.410 e. The van der Waals surface area contributed by atoms with Crippen molar-refractivity contribution in [3.63, 3.8) is 0 Å². The van der Waals surface area contributed by atoms with Crippen LogP contribution >= 0.6 is 0 Å². The Morgan fingerprint density at radius 2 is 2.00 bits per heavy atom. The van der Waals surface area contributed by atoms with Crippen LogP contribution in [-0.4, -0.2) is 41.3 Å². The summed E-state index contributed by atoms with van der Waals surface area (Å²) in [6.45, 7) is 13.4. The molecular weight excluding hydrogens is 204 g/mol. The molecule has 1 N–H and O–H groups in total. The van der Waals surface area contributed by atoms with E-state index in [-0.39, 0.29) is 17.7 Å². The number of hydrogen-bond donors (Lipinski definition) is 1. The lowest BCUT2D eigenvalue weighted by Crippen LogP contribution is -2.62. The fourth-order valence-corrected chi connectivity index (χ4v) is 1.74. The topological polar surface area (TPSA) is 41.6 Å². The third-order valence-electron chi connectivity index (χ3n) is 2.60. The van der Waals surface area contributed by atoms with Gasteiger partial charge in [-0.05, 0) is 41.5 Å². The molecule has 0 radical (unpaired) electrons. The van der Waals surface area contributed by atoms with Gasteiger partial charge in [0.2, 0.25) is 0 Å². The van der Waals surface area contributed by atoms with Crippen LogP contribution in [0.1, 0.15) is 41.5 Å². The van der Waals surface area contributed by atoms with Crippen molar-refractivity contribution in [2.75, 3.05) is 13.1 Å². The van der Waals surface area contributed by atoms with Crippen LogP contribution in [0.4, 0.5) is 4.79 Å². The molecule has 1 atom stereocenters. The third kappa shape index (κ3) is 3.67. The van der Waals surface area contributed by atoms with E-state index < -0.39 is 5.60 Å². The molecule has 1 fully saturated rings. The molecule has 1 saturated heterocycles. The summed E-state index contributed by atoms with van der Waals surface area (Å²) in [4.78, 5) is 13.8. The standard InChI is InChI=1S/C12H24N2O2/c1-9-7-13-12(5,6)8-14(9)10(15)16-11(2,3)4/h9,13H,7-8H2,1-6H3/t9-/m1/s1. The average molecular weight is 228 g/mol. The van der Waals surface area contributed by atoms with Gasteiger partial charge in [-0.25, -0.2) is 4.79 Å². The third-order valence-corrected chi connectivity index (χ3v) is 2.60. The first-order valence-corrected chi connectivity index (χ1v) is 5.85. The van der Waals surface area contributed by atoms with Crippen LogP contribution in [0.15, 0.2) is 0 Å². The number of carbonyl (C=O) groups excluding carboxylic acids is 1. The molecule has 1 rings (SSSR count). The zero-order valence-electron chi connectivity index (χ0n) is 11.3. The van der Waals surface area contributed by atoms with Crippen LogP contribution in [-0.2, 0) is 4.74 Å². The summed E-state index contributed by atoms with van der Waals surface area (Å²) in [5, 5.41) is 3.41. The molecule has 0 aromatic heterocycles. The molecule has 16 heavy (non-hydrogen) atoms. The van der Waals surface area contributed by atoms with Crippen LogP contribution in [0.25, 0.3) is 0 Å². The lowest BCUT2D eigenvalue weighted by molar-refractivity contribution is 0.00356. The molecule has 1 aliphatic heterocycles. The second-order valence-electron chi connectivity index (χ2n) is 6.22. The van der Waals surface area contributed by atoms with Gasteiger partial charge in [0.05, 0.1) is 0 Å². The predicted octanol–water partition coefficient (Wildman–Crippen LogP) is 1.99. The fourth-order valence-electron chi connectivity index (χ4n) is 1.74. The zero-order chi connectivity index (χ0) is 12.6. The van der Waals surface area contributed by atoms with Crippen molar-refractivity contribution in [2.45, 2.75) is 58.7 Å². The number of rotatable bonds is 0. The van der Waals surface area contributed by atoms with Gasteiger partial charge < -0.3 is 15.0 Å². The van der Waals surface area contributed by atoms with E-state index in [2.05, 4.69) is 19.2 Å². The summed E-state index contributed by atoms with van der Waals surface area (Å²) in [6, 6.07) is 0.183. The average Bonchev–Trinajstić information content (AvgIpc) is 2.06. The molecular formula is C12H24N2O2. The van der Waals surface area contributed by atoms with E-state index in [4.69, 9.17) is 4.74 Å². The molecule has 4 heteroatoms. The van der Waals surface area contributed by atoms with Crippen LogP contribution < -0.4 is 5.32 Å². The lowest BCUT2D eigenvalue weighted by atomic mass is 10.00. The highest BCUT2D eigenvalue weighted by atomic mass is 16.6. The van der Waals surface area contributed by atoms with Gasteiger partial charge in [-0.2, -0.15) is 0 Å². The number of nitrogens with zero attached hydrogens (tertiary/aromatic N) is 1. The van der Waals surface area contributed by atoms with Gasteiger partial charge in [-0.3, -0.25) is 0 Å². The highest BCUT2D eigenvalue weighted by Crippen LogP contribution is 2.18. The van der Waals surface area contributed by atoms with Gasteiger partial charge >= 0.3 is 6.09 Å². The van der Waals surface area contributed by atoms with Gasteiger partial charge in [-0.15, -0.1) is 0 Å². The molecule has 1 aliphatic rings. The number of nitrogens with one attached hydrogen (secondary N) is 1. The first-order chi connectivity index (χ1) is 7.11. The van der Waals surface area contributed by atoms with E-state index in [0.29, 0.717) is 6.54 Å². The maximum atomic E-state index is 12.0. The number of hydrogen-bond acceptors (Lipinski definition) is 3. The van der Waals surface area contributed by atoms with Crippen LogP contribution in [0.2, 0.25) is 0 Å². The molecule has 1 heterocycles. The molecule has 4 nitrogen and oxygen atoms in total. The quantitative estimate of drug-likeness (QED) is 0.689. The van der Waals surface area contributed by atoms with E-state index >= 15 is 0 Å². The minimum atomic E-state index is -0.425. The lowest BCUT2D eigenvalue weighted by Gasteiger charge is -2.43. The maximum absolute atomic E-state index is 12.0. The normalized spacial score (nSPS) is 25.4. The second-order valence-corrected chi connectivity index (χ2v) is 6.22. The summed E-state index contributed by atoms with van der Waals surface area (Å²) >= 11 is 0. The van der Waals surface area contributed by atoms with Crippen molar-refractivity contribution >= 4 is 6.09 Å². The number of piperazine rings is 1. The van der Waals surface area contributed by atoms with E-state index in [1.807, 2.05) is 32.6 Å². The summed E-state index contributed by atoms with van der Waals surface area (Å²) in [5.74, 6) is 0. The van der Waals surface area contributed by atoms with Crippen molar-refractivity contribution < 1.29 is 9.53 Å². The Morgan fingerprint density at radius 3 is 2.50 bits per heavy atom. The Hall–Kier alpha value is -0.770. The summed E-state index contributed by atoms with van der Waals surface area (Å²) in [7, 11) is 0. The van der Waals surface area contributed by atoms with Gasteiger partial charge in [0.15, 0.2) is 0 Å². The Morgan fingerprint density at radius 1 is 1.44 bits per heavy atom. The van der Waals surface area contributed by atoms with E-state index in [1.165, 1.54) is 0 Å². The Bertz CT molecular complexity index is 269. The first kappa shape index (κ1) is 13.3. The molecule has 0 spiro atoms. The molecule has 0 aliphatic carbocycles. The van der Waals surface area contributed by atoms with Gasteiger partial charge in [0.25, 0.3) is 0 Å². The number of amides is 1. The predicted molar refractivity (Wildman–Crippen MR) is 64.5 cm³/mol. The van der Waals surface area contributed by atoms with E-state index in [0.717, 1.165) is 6.54 Å². The van der Waals surface area contributed by atoms with Crippen molar-refractivity contribution in [2.24, 2.45) is 0 Å². The van der Waals surface area contributed by atoms with Crippen LogP contribution in [0, 0.1) is 0 Å². The highest BCUT2D eigenvalue weighted by Gasteiger charge is 2.35. The van der Waals surface area contributed by atoms with E-state index in [9.17, 15) is 4.79 Å². The molecule has 0 aromatic rings. The van der Waals surface area contributed by atoms with Gasteiger partial charge in [0, 0.05) is 24.7 Å². The van der Waals surface area contributed by atoms with Crippen molar-refractivity contribution in [3.05, 3.63) is 0 Å². The summed E-state index contributed by atoms with van der Waals surface area (Å²) in [6.07, 6.45) is -0.213. The zero-order valence-corrected chi connectivity index (χ0v) is 11.3. The minimum absolute atomic E-state index is 0.0383.